The Labute approximate surface area is 91.6 Å². The number of hydrogen-bond acceptors (Lipinski definition) is 4. The topological polar surface area (TPSA) is 44.7 Å². The highest BCUT2D eigenvalue weighted by molar-refractivity contribution is 4.91. The van der Waals surface area contributed by atoms with Gasteiger partial charge in [0.15, 0.2) is 0 Å². The Bertz CT molecular complexity index is 185. The van der Waals surface area contributed by atoms with Crippen molar-refractivity contribution < 1.29 is 9.84 Å². The van der Waals surface area contributed by atoms with Gasteiger partial charge < -0.3 is 15.2 Å². The summed E-state index contributed by atoms with van der Waals surface area (Å²) in [5, 5.41) is 12.0. The summed E-state index contributed by atoms with van der Waals surface area (Å²) < 4.78 is 5.20. The second-order valence-corrected chi connectivity index (χ2v) is 4.50. The van der Waals surface area contributed by atoms with E-state index < -0.39 is 0 Å². The molecule has 2 N–H and O–H groups in total. The molecule has 15 heavy (non-hydrogen) atoms. The van der Waals surface area contributed by atoms with Crippen molar-refractivity contribution in [3.8, 4) is 0 Å². The molecule has 2 fully saturated rings. The average molecular weight is 214 g/mol. The van der Waals surface area contributed by atoms with Crippen molar-refractivity contribution in [1.29, 1.82) is 0 Å². The van der Waals surface area contributed by atoms with E-state index >= 15 is 0 Å². The number of aliphatic hydroxyl groups excluding tert-OH is 1. The quantitative estimate of drug-likeness (QED) is 0.577. The average Bonchev–Trinajstić information content (AvgIpc) is 2.99. The van der Waals surface area contributed by atoms with E-state index in [-0.39, 0.29) is 6.61 Å². The third-order valence-electron chi connectivity index (χ3n) is 3.20. The van der Waals surface area contributed by atoms with Crippen molar-refractivity contribution >= 4 is 0 Å². The monoisotopic (exact) mass is 214 g/mol. The van der Waals surface area contributed by atoms with Crippen LogP contribution in [0.5, 0.6) is 0 Å². The van der Waals surface area contributed by atoms with Gasteiger partial charge in [0.1, 0.15) is 0 Å². The summed E-state index contributed by atoms with van der Waals surface area (Å²) in [6.07, 6.45) is 4.09. The SMILES string of the molecule is OCCOCCNC1CCN(C2CC2)C1. The lowest BCUT2D eigenvalue weighted by molar-refractivity contribution is 0.0926. The Morgan fingerprint density at radius 1 is 1.27 bits per heavy atom. The third-order valence-corrected chi connectivity index (χ3v) is 3.20. The van der Waals surface area contributed by atoms with Gasteiger partial charge in [-0.3, -0.25) is 4.90 Å². The number of hydrogen-bond donors (Lipinski definition) is 2. The molecule has 1 saturated heterocycles. The van der Waals surface area contributed by atoms with Crippen LogP contribution in [0.2, 0.25) is 0 Å². The molecular weight excluding hydrogens is 192 g/mol. The molecule has 2 rings (SSSR count). The van der Waals surface area contributed by atoms with E-state index in [1.165, 1.54) is 32.4 Å². The maximum Gasteiger partial charge on any atom is 0.0698 e. The second-order valence-electron chi connectivity index (χ2n) is 4.50. The standard InChI is InChI=1S/C11H22N2O2/c14-6-8-15-7-4-12-10-3-5-13(9-10)11-1-2-11/h10-12,14H,1-9H2. The molecule has 1 unspecified atom stereocenters. The van der Waals surface area contributed by atoms with E-state index in [1.807, 2.05) is 0 Å². The minimum atomic E-state index is 0.124. The molecule has 0 aromatic carbocycles. The predicted octanol–water partition coefficient (Wildman–Crippen LogP) is -0.178. The summed E-state index contributed by atoms with van der Waals surface area (Å²) in [6, 6.07) is 1.56. The first-order valence-corrected chi connectivity index (χ1v) is 6.06. The molecular formula is C11H22N2O2. The van der Waals surface area contributed by atoms with Crippen molar-refractivity contribution in [2.45, 2.75) is 31.3 Å². The summed E-state index contributed by atoms with van der Waals surface area (Å²) in [4.78, 5) is 2.60. The van der Waals surface area contributed by atoms with Crippen LogP contribution < -0.4 is 5.32 Å². The number of nitrogens with zero attached hydrogens (tertiary/aromatic N) is 1. The van der Waals surface area contributed by atoms with E-state index in [9.17, 15) is 0 Å². The minimum Gasteiger partial charge on any atom is -0.394 e. The van der Waals surface area contributed by atoms with Crippen LogP contribution in [0.3, 0.4) is 0 Å². The number of rotatable bonds is 7. The minimum absolute atomic E-state index is 0.124. The summed E-state index contributed by atoms with van der Waals surface area (Å²) in [7, 11) is 0. The Morgan fingerprint density at radius 2 is 2.13 bits per heavy atom. The zero-order valence-electron chi connectivity index (χ0n) is 9.32. The normalized spacial score (nSPS) is 27.4. The molecule has 1 aliphatic heterocycles. The summed E-state index contributed by atoms with van der Waals surface area (Å²) in [5.41, 5.74) is 0. The molecule has 0 aromatic heterocycles. The summed E-state index contributed by atoms with van der Waals surface area (Å²) in [6.45, 7) is 4.67. The van der Waals surface area contributed by atoms with Crippen LogP contribution in [0.4, 0.5) is 0 Å². The number of likely N-dealkylation sites (tertiary alicyclic amines) is 1. The molecule has 0 bridgehead atoms. The highest BCUT2D eigenvalue weighted by Crippen LogP contribution is 2.29. The van der Waals surface area contributed by atoms with Crippen molar-refractivity contribution in [1.82, 2.24) is 10.2 Å². The maximum absolute atomic E-state index is 8.53. The molecule has 1 saturated carbocycles. The number of aliphatic hydroxyl groups is 1. The smallest absolute Gasteiger partial charge is 0.0698 e. The first-order valence-electron chi connectivity index (χ1n) is 6.06. The molecule has 4 nitrogen and oxygen atoms in total. The fourth-order valence-electron chi connectivity index (χ4n) is 2.23. The van der Waals surface area contributed by atoms with E-state index in [2.05, 4.69) is 10.2 Å². The van der Waals surface area contributed by atoms with Gasteiger partial charge in [-0.25, -0.2) is 0 Å². The van der Waals surface area contributed by atoms with E-state index in [4.69, 9.17) is 9.84 Å². The van der Waals surface area contributed by atoms with Gasteiger partial charge in [0.05, 0.1) is 19.8 Å². The third kappa shape index (κ3) is 3.72. The molecule has 1 atom stereocenters. The summed E-state index contributed by atoms with van der Waals surface area (Å²) in [5.74, 6) is 0. The Balaban J connectivity index is 1.49. The molecule has 1 aliphatic carbocycles. The van der Waals surface area contributed by atoms with Gasteiger partial charge in [-0.15, -0.1) is 0 Å². The van der Waals surface area contributed by atoms with Crippen LogP contribution in [0.15, 0.2) is 0 Å². The van der Waals surface area contributed by atoms with Gasteiger partial charge >= 0.3 is 0 Å². The Kier molecular flexibility index (Phi) is 4.38. The lowest BCUT2D eigenvalue weighted by Crippen LogP contribution is -2.35. The fraction of sp³-hybridized carbons (Fsp3) is 1.00. The lowest BCUT2D eigenvalue weighted by Gasteiger charge is -2.15. The number of ether oxygens (including phenoxy) is 1. The maximum atomic E-state index is 8.53. The summed E-state index contributed by atoms with van der Waals surface area (Å²) >= 11 is 0. The zero-order valence-corrected chi connectivity index (χ0v) is 9.32. The first kappa shape index (κ1) is 11.3. The molecule has 0 amide bonds. The van der Waals surface area contributed by atoms with Gasteiger partial charge in [-0.1, -0.05) is 0 Å². The van der Waals surface area contributed by atoms with E-state index in [0.717, 1.165) is 12.6 Å². The molecule has 4 heteroatoms. The van der Waals surface area contributed by atoms with Crippen LogP contribution in [-0.2, 0) is 4.74 Å². The molecule has 1 heterocycles. The van der Waals surface area contributed by atoms with Crippen LogP contribution in [0, 0.1) is 0 Å². The lowest BCUT2D eigenvalue weighted by atomic mass is 10.3. The van der Waals surface area contributed by atoms with Crippen LogP contribution in [0.1, 0.15) is 19.3 Å². The Morgan fingerprint density at radius 3 is 2.87 bits per heavy atom. The van der Waals surface area contributed by atoms with Crippen molar-refractivity contribution in [2.24, 2.45) is 0 Å². The molecule has 88 valence electrons. The highest BCUT2D eigenvalue weighted by atomic mass is 16.5. The van der Waals surface area contributed by atoms with E-state index in [1.54, 1.807) is 0 Å². The second kappa shape index (κ2) is 5.80. The first-order chi connectivity index (χ1) is 7.40. The molecule has 0 spiro atoms. The van der Waals surface area contributed by atoms with Crippen LogP contribution >= 0.6 is 0 Å². The van der Waals surface area contributed by atoms with Crippen molar-refractivity contribution in [2.75, 3.05) is 39.5 Å². The predicted molar refractivity (Wildman–Crippen MR) is 58.9 cm³/mol. The molecule has 0 aromatic rings. The fourth-order valence-corrected chi connectivity index (χ4v) is 2.23. The van der Waals surface area contributed by atoms with Crippen LogP contribution in [0.25, 0.3) is 0 Å². The Hall–Kier alpha value is -0.160. The van der Waals surface area contributed by atoms with Crippen LogP contribution in [-0.4, -0.2) is 61.5 Å². The van der Waals surface area contributed by atoms with E-state index in [0.29, 0.717) is 19.3 Å². The van der Waals surface area contributed by atoms with Gasteiger partial charge in [0.25, 0.3) is 0 Å². The van der Waals surface area contributed by atoms with Gasteiger partial charge in [-0.05, 0) is 19.3 Å². The zero-order chi connectivity index (χ0) is 10.5. The van der Waals surface area contributed by atoms with Crippen molar-refractivity contribution in [3.63, 3.8) is 0 Å². The molecule has 0 radical (unpaired) electrons. The van der Waals surface area contributed by atoms with Gasteiger partial charge in [0.2, 0.25) is 0 Å². The molecule has 2 aliphatic rings. The number of nitrogens with one attached hydrogen (secondary N) is 1. The van der Waals surface area contributed by atoms with Crippen molar-refractivity contribution in [3.05, 3.63) is 0 Å². The largest absolute Gasteiger partial charge is 0.394 e. The van der Waals surface area contributed by atoms with Gasteiger partial charge in [-0.2, -0.15) is 0 Å². The van der Waals surface area contributed by atoms with Gasteiger partial charge in [0, 0.05) is 31.7 Å². The highest BCUT2D eigenvalue weighted by Gasteiger charge is 2.33.